The van der Waals surface area contributed by atoms with Gasteiger partial charge in [0.1, 0.15) is 0 Å². The van der Waals surface area contributed by atoms with Crippen LogP contribution in [-0.2, 0) is 5.75 Å². The van der Waals surface area contributed by atoms with Crippen molar-refractivity contribution >= 4 is 11.8 Å². The van der Waals surface area contributed by atoms with Gasteiger partial charge in [-0.1, -0.05) is 37.8 Å². The Morgan fingerprint density at radius 1 is 1.24 bits per heavy atom. The molecule has 4 nitrogen and oxygen atoms in total. The van der Waals surface area contributed by atoms with Gasteiger partial charge in [-0.25, -0.2) is 0 Å². The molecule has 2 atom stereocenters. The van der Waals surface area contributed by atoms with Crippen LogP contribution < -0.4 is 5.73 Å². The van der Waals surface area contributed by atoms with Crippen LogP contribution in [0.2, 0.25) is 0 Å². The van der Waals surface area contributed by atoms with E-state index in [-0.39, 0.29) is 6.04 Å². The van der Waals surface area contributed by atoms with Crippen LogP contribution in [0.15, 0.2) is 4.52 Å². The first kappa shape index (κ1) is 16.8. The third-order valence-electron chi connectivity index (χ3n) is 4.20. The fourth-order valence-electron chi connectivity index (χ4n) is 2.82. The van der Waals surface area contributed by atoms with Crippen molar-refractivity contribution in [2.24, 2.45) is 5.73 Å². The number of nitrogens with two attached hydrogens (primary N) is 1. The molecule has 2 N–H and O–H groups in total. The largest absolute Gasteiger partial charge is 0.339 e. The maximum Gasteiger partial charge on any atom is 0.229 e. The summed E-state index contributed by atoms with van der Waals surface area (Å²) in [6.07, 6.45) is 10.1. The zero-order valence-electron chi connectivity index (χ0n) is 13.4. The van der Waals surface area contributed by atoms with Crippen molar-refractivity contribution in [2.75, 3.05) is 0 Å². The first-order valence-electron chi connectivity index (χ1n) is 8.35. The molecule has 0 aromatic carbocycles. The Hall–Kier alpha value is -0.550. The average Bonchev–Trinajstić information content (AvgIpc) is 2.95. The van der Waals surface area contributed by atoms with E-state index in [0.717, 1.165) is 42.0 Å². The lowest BCUT2D eigenvalue weighted by Crippen LogP contribution is -2.14. The zero-order chi connectivity index (χ0) is 15.1. The van der Waals surface area contributed by atoms with Crippen LogP contribution >= 0.6 is 11.8 Å². The summed E-state index contributed by atoms with van der Waals surface area (Å²) in [6.45, 7) is 4.21. The average molecular weight is 311 g/mol. The van der Waals surface area contributed by atoms with Crippen molar-refractivity contribution in [1.29, 1.82) is 0 Å². The summed E-state index contributed by atoms with van der Waals surface area (Å²) in [5, 5.41) is 4.93. The van der Waals surface area contributed by atoms with Crippen LogP contribution in [0, 0.1) is 0 Å². The van der Waals surface area contributed by atoms with Crippen LogP contribution in [0.4, 0.5) is 0 Å². The molecule has 0 spiro atoms. The highest BCUT2D eigenvalue weighted by atomic mass is 32.2. The van der Waals surface area contributed by atoms with Gasteiger partial charge in [0.05, 0.1) is 5.75 Å². The summed E-state index contributed by atoms with van der Waals surface area (Å²) < 4.78 is 5.42. The molecule has 21 heavy (non-hydrogen) atoms. The highest BCUT2D eigenvalue weighted by Gasteiger charge is 2.17. The number of rotatable bonds is 8. The Labute approximate surface area is 132 Å². The monoisotopic (exact) mass is 311 g/mol. The van der Waals surface area contributed by atoms with Crippen molar-refractivity contribution in [3.05, 3.63) is 11.7 Å². The lowest BCUT2D eigenvalue weighted by atomic mass is 10.0. The van der Waals surface area contributed by atoms with E-state index in [0.29, 0.717) is 5.92 Å². The molecule has 2 rings (SSSR count). The second-order valence-electron chi connectivity index (χ2n) is 6.43. The molecule has 0 aliphatic heterocycles. The molecule has 0 radical (unpaired) electrons. The van der Waals surface area contributed by atoms with Gasteiger partial charge in [0.15, 0.2) is 5.82 Å². The Bertz CT molecular complexity index is 402. The van der Waals surface area contributed by atoms with Gasteiger partial charge >= 0.3 is 0 Å². The second-order valence-corrected chi connectivity index (χ2v) is 7.72. The van der Waals surface area contributed by atoms with Crippen LogP contribution in [-0.4, -0.2) is 21.4 Å². The Kier molecular flexibility index (Phi) is 7.04. The van der Waals surface area contributed by atoms with E-state index in [4.69, 9.17) is 10.3 Å². The molecule has 0 bridgehead atoms. The molecule has 5 heteroatoms. The standard InChI is InChI=1S/C16H29N3OS/c1-12(7-6-8-13(2)17)16-18-15(19-20-16)11-21-14-9-4-3-5-10-14/h12-14H,3-11,17H2,1-2H3. The third kappa shape index (κ3) is 5.99. The van der Waals surface area contributed by atoms with Gasteiger partial charge in [-0.2, -0.15) is 16.7 Å². The number of hydrogen-bond acceptors (Lipinski definition) is 5. The fourth-order valence-corrected chi connectivity index (χ4v) is 3.99. The van der Waals surface area contributed by atoms with Crippen molar-refractivity contribution < 1.29 is 4.52 Å². The molecule has 1 aliphatic carbocycles. The summed E-state index contributed by atoms with van der Waals surface area (Å²) in [5.41, 5.74) is 5.78. The Morgan fingerprint density at radius 3 is 2.71 bits per heavy atom. The molecule has 1 aromatic rings. The van der Waals surface area contributed by atoms with E-state index in [2.05, 4.69) is 24.0 Å². The molecule has 1 aromatic heterocycles. The summed E-state index contributed by atoms with van der Waals surface area (Å²) in [6, 6.07) is 0.280. The molecule has 1 heterocycles. The predicted octanol–water partition coefficient (Wildman–Crippen LogP) is 4.26. The van der Waals surface area contributed by atoms with Gasteiger partial charge in [0.25, 0.3) is 0 Å². The lowest BCUT2D eigenvalue weighted by molar-refractivity contribution is 0.347. The fraction of sp³-hybridized carbons (Fsp3) is 0.875. The van der Waals surface area contributed by atoms with E-state index >= 15 is 0 Å². The van der Waals surface area contributed by atoms with Crippen molar-refractivity contribution in [2.45, 2.75) is 88.2 Å². The summed E-state index contributed by atoms with van der Waals surface area (Å²) in [4.78, 5) is 4.56. The minimum Gasteiger partial charge on any atom is -0.339 e. The van der Waals surface area contributed by atoms with E-state index in [1.165, 1.54) is 32.1 Å². The topological polar surface area (TPSA) is 64.9 Å². The van der Waals surface area contributed by atoms with E-state index in [9.17, 15) is 0 Å². The maximum absolute atomic E-state index is 5.78. The van der Waals surface area contributed by atoms with Gasteiger partial charge in [-0.3, -0.25) is 0 Å². The molecule has 0 saturated heterocycles. The molecule has 2 unspecified atom stereocenters. The van der Waals surface area contributed by atoms with Crippen LogP contribution in [0.5, 0.6) is 0 Å². The molecule has 0 amide bonds. The minimum absolute atomic E-state index is 0.280. The first-order chi connectivity index (χ1) is 10.1. The molecular formula is C16H29N3OS. The highest BCUT2D eigenvalue weighted by molar-refractivity contribution is 7.99. The van der Waals surface area contributed by atoms with Crippen LogP contribution in [0.1, 0.15) is 82.8 Å². The molecule has 1 saturated carbocycles. The molecular weight excluding hydrogens is 282 g/mol. The smallest absolute Gasteiger partial charge is 0.229 e. The first-order valence-corrected chi connectivity index (χ1v) is 9.39. The number of thioether (sulfide) groups is 1. The van der Waals surface area contributed by atoms with Crippen LogP contribution in [0.25, 0.3) is 0 Å². The minimum atomic E-state index is 0.280. The van der Waals surface area contributed by atoms with Gasteiger partial charge in [-0.15, -0.1) is 0 Å². The van der Waals surface area contributed by atoms with Gasteiger partial charge < -0.3 is 10.3 Å². The Balaban J connectivity index is 1.72. The number of nitrogens with zero attached hydrogens (tertiary/aromatic N) is 2. The predicted molar refractivity (Wildman–Crippen MR) is 88.4 cm³/mol. The quantitative estimate of drug-likeness (QED) is 0.777. The maximum atomic E-state index is 5.78. The molecule has 1 fully saturated rings. The highest BCUT2D eigenvalue weighted by Crippen LogP contribution is 2.30. The van der Waals surface area contributed by atoms with E-state index in [1.807, 2.05) is 11.8 Å². The number of hydrogen-bond donors (Lipinski definition) is 1. The van der Waals surface area contributed by atoms with Gasteiger partial charge in [-0.05, 0) is 32.6 Å². The van der Waals surface area contributed by atoms with Crippen molar-refractivity contribution in [3.63, 3.8) is 0 Å². The molecule has 120 valence electrons. The summed E-state index contributed by atoms with van der Waals surface area (Å²) >= 11 is 2.00. The number of aromatic nitrogens is 2. The Morgan fingerprint density at radius 2 is 2.00 bits per heavy atom. The van der Waals surface area contributed by atoms with E-state index in [1.54, 1.807) is 0 Å². The van der Waals surface area contributed by atoms with Crippen molar-refractivity contribution in [3.8, 4) is 0 Å². The van der Waals surface area contributed by atoms with Crippen LogP contribution in [0.3, 0.4) is 0 Å². The third-order valence-corrected chi connectivity index (χ3v) is 5.57. The SMILES string of the molecule is CC(N)CCCC(C)c1nc(CSC2CCCCC2)no1. The van der Waals surface area contributed by atoms with E-state index < -0.39 is 0 Å². The zero-order valence-corrected chi connectivity index (χ0v) is 14.2. The summed E-state index contributed by atoms with van der Waals surface area (Å²) in [7, 11) is 0. The molecule has 1 aliphatic rings. The lowest BCUT2D eigenvalue weighted by Gasteiger charge is -2.19. The van der Waals surface area contributed by atoms with Gasteiger partial charge in [0.2, 0.25) is 5.89 Å². The van der Waals surface area contributed by atoms with Crippen molar-refractivity contribution in [1.82, 2.24) is 10.1 Å². The second kappa shape index (κ2) is 8.79. The normalized spacial score (nSPS) is 19.6. The summed E-state index contributed by atoms with van der Waals surface area (Å²) in [5.74, 6) is 2.88. The van der Waals surface area contributed by atoms with Gasteiger partial charge in [0, 0.05) is 17.2 Å².